The summed E-state index contributed by atoms with van der Waals surface area (Å²) in [5, 5.41) is 23.2. The molecule has 0 radical (unpaired) electrons. The lowest BCUT2D eigenvalue weighted by atomic mass is 10.1. The Balaban J connectivity index is 2.32. The van der Waals surface area contributed by atoms with E-state index in [4.69, 9.17) is 10.5 Å². The third-order valence-corrected chi connectivity index (χ3v) is 2.29. The van der Waals surface area contributed by atoms with Crippen molar-refractivity contribution in [3.05, 3.63) is 35.7 Å². The molecular weight excluding hydrogens is 277 g/mol. The number of rotatable bonds is 2. The first kappa shape index (κ1) is 13.5. The van der Waals surface area contributed by atoms with E-state index in [1.54, 1.807) is 6.07 Å². The van der Waals surface area contributed by atoms with Crippen molar-refractivity contribution < 1.29 is 22.9 Å². The summed E-state index contributed by atoms with van der Waals surface area (Å²) in [7, 11) is 0. The van der Waals surface area contributed by atoms with Gasteiger partial charge in [-0.1, -0.05) is 34.6 Å². The van der Waals surface area contributed by atoms with Crippen molar-refractivity contribution in [1.29, 1.82) is 5.26 Å². The van der Waals surface area contributed by atoms with Crippen LogP contribution in [0.15, 0.2) is 33.9 Å². The maximum Gasteiger partial charge on any atom is 0.471 e. The van der Waals surface area contributed by atoms with Gasteiger partial charge in [0.1, 0.15) is 6.07 Å². The van der Waals surface area contributed by atoms with Gasteiger partial charge in [0.25, 0.3) is 0 Å². The number of nitriles is 1. The lowest BCUT2D eigenvalue weighted by Crippen LogP contribution is -2.04. The molecule has 1 N–H and O–H groups in total. The van der Waals surface area contributed by atoms with Gasteiger partial charge < -0.3 is 9.73 Å². The van der Waals surface area contributed by atoms with E-state index in [0.717, 1.165) is 0 Å². The highest BCUT2D eigenvalue weighted by atomic mass is 19.4. The zero-order valence-corrected chi connectivity index (χ0v) is 9.59. The SMILES string of the molecule is N#C/C(=N/O)c1ccc(-c2noc(C(F)(F)F)n2)cc1. The van der Waals surface area contributed by atoms with E-state index in [9.17, 15) is 13.2 Å². The molecule has 2 rings (SSSR count). The zero-order valence-electron chi connectivity index (χ0n) is 9.59. The summed E-state index contributed by atoms with van der Waals surface area (Å²) in [6.07, 6.45) is -4.71. The van der Waals surface area contributed by atoms with E-state index >= 15 is 0 Å². The molecule has 1 heterocycles. The third-order valence-electron chi connectivity index (χ3n) is 2.29. The number of aromatic nitrogens is 2. The first-order valence-corrected chi connectivity index (χ1v) is 5.09. The number of benzene rings is 1. The van der Waals surface area contributed by atoms with Gasteiger partial charge in [-0.15, -0.1) is 0 Å². The topological polar surface area (TPSA) is 95.3 Å². The fourth-order valence-electron chi connectivity index (χ4n) is 1.38. The van der Waals surface area contributed by atoms with E-state index in [-0.39, 0.29) is 17.1 Å². The summed E-state index contributed by atoms with van der Waals surface area (Å²) < 4.78 is 41.0. The van der Waals surface area contributed by atoms with Crippen LogP contribution in [-0.4, -0.2) is 21.1 Å². The van der Waals surface area contributed by atoms with Gasteiger partial charge in [-0.2, -0.15) is 23.4 Å². The van der Waals surface area contributed by atoms with Crippen molar-refractivity contribution >= 4 is 5.71 Å². The smallest absolute Gasteiger partial charge is 0.410 e. The Kier molecular flexibility index (Phi) is 3.39. The monoisotopic (exact) mass is 282 g/mol. The highest BCUT2D eigenvalue weighted by Crippen LogP contribution is 2.29. The molecule has 0 amide bonds. The van der Waals surface area contributed by atoms with E-state index in [0.29, 0.717) is 5.56 Å². The fourth-order valence-corrected chi connectivity index (χ4v) is 1.38. The van der Waals surface area contributed by atoms with Gasteiger partial charge in [0.05, 0.1) is 0 Å². The molecule has 0 unspecified atom stereocenters. The Morgan fingerprint density at radius 1 is 1.30 bits per heavy atom. The van der Waals surface area contributed by atoms with E-state index in [2.05, 4.69) is 19.8 Å². The molecule has 1 aromatic heterocycles. The highest BCUT2D eigenvalue weighted by molar-refractivity contribution is 6.11. The van der Waals surface area contributed by atoms with Crippen molar-refractivity contribution in [3.8, 4) is 17.5 Å². The average molecular weight is 282 g/mol. The lowest BCUT2D eigenvalue weighted by molar-refractivity contribution is -0.159. The van der Waals surface area contributed by atoms with Crippen LogP contribution in [0, 0.1) is 11.3 Å². The number of hydrogen-bond acceptors (Lipinski definition) is 6. The average Bonchev–Trinajstić information content (AvgIpc) is 2.90. The Morgan fingerprint density at radius 2 is 1.95 bits per heavy atom. The number of hydrogen-bond donors (Lipinski definition) is 1. The van der Waals surface area contributed by atoms with Crippen LogP contribution < -0.4 is 0 Å². The maximum atomic E-state index is 12.3. The Bertz CT molecular complexity index is 683. The summed E-state index contributed by atoms with van der Waals surface area (Å²) in [6.45, 7) is 0. The summed E-state index contributed by atoms with van der Waals surface area (Å²) in [5.74, 6) is -1.67. The second-order valence-electron chi connectivity index (χ2n) is 3.56. The molecule has 0 aliphatic carbocycles. The van der Waals surface area contributed by atoms with E-state index in [1.807, 2.05) is 0 Å². The van der Waals surface area contributed by atoms with Crippen molar-refractivity contribution in [2.45, 2.75) is 6.18 Å². The summed E-state index contributed by atoms with van der Waals surface area (Å²) in [5.41, 5.74) is 0.349. The zero-order chi connectivity index (χ0) is 14.8. The Morgan fingerprint density at radius 3 is 2.40 bits per heavy atom. The molecule has 20 heavy (non-hydrogen) atoms. The molecule has 6 nitrogen and oxygen atoms in total. The van der Waals surface area contributed by atoms with Crippen LogP contribution in [0.25, 0.3) is 11.4 Å². The van der Waals surface area contributed by atoms with Crippen LogP contribution in [0.1, 0.15) is 11.5 Å². The summed E-state index contributed by atoms with van der Waals surface area (Å²) in [6, 6.07) is 7.18. The van der Waals surface area contributed by atoms with Gasteiger partial charge in [-0.05, 0) is 0 Å². The van der Waals surface area contributed by atoms with Crippen LogP contribution >= 0.6 is 0 Å². The normalized spacial score (nSPS) is 12.2. The first-order valence-electron chi connectivity index (χ1n) is 5.09. The predicted octanol–water partition coefficient (Wildman–Crippen LogP) is 2.46. The molecule has 0 aliphatic heterocycles. The molecule has 0 aliphatic rings. The molecule has 0 saturated heterocycles. The first-order chi connectivity index (χ1) is 9.45. The largest absolute Gasteiger partial charge is 0.471 e. The van der Waals surface area contributed by atoms with Gasteiger partial charge in [0, 0.05) is 11.1 Å². The van der Waals surface area contributed by atoms with Crippen LogP contribution in [0.3, 0.4) is 0 Å². The maximum absolute atomic E-state index is 12.3. The van der Waals surface area contributed by atoms with Crippen LogP contribution in [0.4, 0.5) is 13.2 Å². The van der Waals surface area contributed by atoms with E-state index < -0.39 is 12.1 Å². The van der Waals surface area contributed by atoms with Crippen LogP contribution in [-0.2, 0) is 6.18 Å². The minimum Gasteiger partial charge on any atom is -0.410 e. The van der Waals surface area contributed by atoms with Gasteiger partial charge in [-0.3, -0.25) is 0 Å². The molecule has 0 saturated carbocycles. The molecular formula is C11H5F3N4O2. The molecule has 0 spiro atoms. The van der Waals surface area contributed by atoms with Gasteiger partial charge in [-0.25, -0.2) is 0 Å². The predicted molar refractivity (Wildman–Crippen MR) is 58.7 cm³/mol. The number of nitrogens with zero attached hydrogens (tertiary/aromatic N) is 4. The van der Waals surface area contributed by atoms with Crippen molar-refractivity contribution in [1.82, 2.24) is 10.1 Å². The second-order valence-corrected chi connectivity index (χ2v) is 3.56. The Hall–Kier alpha value is -2.89. The van der Waals surface area contributed by atoms with Crippen molar-refractivity contribution in [2.24, 2.45) is 5.16 Å². The van der Waals surface area contributed by atoms with Gasteiger partial charge in [0.15, 0.2) is 5.71 Å². The number of alkyl halides is 3. The second kappa shape index (κ2) is 5.00. The standard InChI is InChI=1S/C11H5F3N4O2/c12-11(13,14)10-16-9(18-20-10)7-3-1-6(2-4-7)8(5-15)17-19/h1-4,19H/b17-8-. The van der Waals surface area contributed by atoms with Gasteiger partial charge in [0.2, 0.25) is 5.82 Å². The van der Waals surface area contributed by atoms with Crippen molar-refractivity contribution in [2.75, 3.05) is 0 Å². The highest BCUT2D eigenvalue weighted by Gasteiger charge is 2.38. The third kappa shape index (κ3) is 2.59. The molecule has 102 valence electrons. The fraction of sp³-hybridized carbons (Fsp3) is 0.0909. The van der Waals surface area contributed by atoms with E-state index in [1.165, 1.54) is 24.3 Å². The van der Waals surface area contributed by atoms with Crippen molar-refractivity contribution in [3.63, 3.8) is 0 Å². The molecule has 1 aromatic carbocycles. The molecule has 9 heteroatoms. The van der Waals surface area contributed by atoms with Crippen LogP contribution in [0.2, 0.25) is 0 Å². The summed E-state index contributed by atoms with van der Waals surface area (Å²) in [4.78, 5) is 3.22. The number of halogens is 3. The molecule has 0 atom stereocenters. The molecule has 2 aromatic rings. The minimum absolute atomic E-state index is 0.222. The minimum atomic E-state index is -4.71. The quantitative estimate of drug-likeness (QED) is 0.518. The number of oxime groups is 1. The molecule has 0 fully saturated rings. The molecule has 0 bridgehead atoms. The van der Waals surface area contributed by atoms with Gasteiger partial charge >= 0.3 is 12.1 Å². The Labute approximate surface area is 109 Å². The lowest BCUT2D eigenvalue weighted by Gasteiger charge is -1.98. The summed E-state index contributed by atoms with van der Waals surface area (Å²) >= 11 is 0. The van der Waals surface area contributed by atoms with Crippen LogP contribution in [0.5, 0.6) is 0 Å².